The van der Waals surface area contributed by atoms with Crippen molar-refractivity contribution in [3.63, 3.8) is 0 Å². The molecule has 0 aromatic heterocycles. The predicted octanol–water partition coefficient (Wildman–Crippen LogP) is 2.79. The fourth-order valence-electron chi connectivity index (χ4n) is 5.38. The third kappa shape index (κ3) is 2.88. The molecule has 0 N–H and O–H groups in total. The molecule has 0 unspecified atom stereocenters. The molecule has 1 aromatic carbocycles. The van der Waals surface area contributed by atoms with Crippen LogP contribution in [0.25, 0.3) is 0 Å². The average molecular weight is 411 g/mol. The Bertz CT molecular complexity index is 878. The van der Waals surface area contributed by atoms with Crippen LogP contribution in [0.3, 0.4) is 0 Å². The first kappa shape index (κ1) is 20.7. The van der Waals surface area contributed by atoms with Gasteiger partial charge in [-0.05, 0) is 42.8 Å². The van der Waals surface area contributed by atoms with Crippen LogP contribution in [0.2, 0.25) is 0 Å². The first-order valence-corrected chi connectivity index (χ1v) is 10.6. The number of ether oxygens (including phenoxy) is 2. The third-order valence-corrected chi connectivity index (χ3v) is 6.98. The Kier molecular flexibility index (Phi) is 5.45. The van der Waals surface area contributed by atoms with Crippen molar-refractivity contribution in [3.05, 3.63) is 53.8 Å². The van der Waals surface area contributed by atoms with E-state index in [2.05, 4.69) is 24.0 Å². The molecule has 3 atom stereocenters. The molecule has 2 fully saturated rings. The van der Waals surface area contributed by atoms with Gasteiger partial charge in [-0.25, -0.2) is 0 Å². The quantitative estimate of drug-likeness (QED) is 0.487. The lowest BCUT2D eigenvalue weighted by Gasteiger charge is -2.38. The summed E-state index contributed by atoms with van der Waals surface area (Å²) >= 11 is 0. The van der Waals surface area contributed by atoms with Crippen LogP contribution in [-0.4, -0.2) is 61.4 Å². The summed E-state index contributed by atoms with van der Waals surface area (Å²) in [4.78, 5) is 30.4. The molecule has 0 saturated carbocycles. The summed E-state index contributed by atoms with van der Waals surface area (Å²) in [5.74, 6) is 1.54. The number of carbonyl (C=O) groups excluding carboxylic acids is 2. The Hall–Kier alpha value is -2.60. The van der Waals surface area contributed by atoms with Crippen LogP contribution in [0, 0.1) is 11.3 Å². The molecule has 4 rings (SSSR count). The molecule has 3 aliphatic rings. The van der Waals surface area contributed by atoms with E-state index in [0.717, 1.165) is 42.7 Å². The van der Waals surface area contributed by atoms with E-state index in [0.29, 0.717) is 19.6 Å². The Labute approximate surface area is 178 Å². The fraction of sp³-hybridized carbons (Fsp3) is 0.500. The summed E-state index contributed by atoms with van der Waals surface area (Å²) in [7, 11) is 3.29. The number of unbranched alkanes of at least 4 members (excludes halogenated alkanes) is 1. The highest BCUT2D eigenvalue weighted by Gasteiger charge is 2.72. The zero-order chi connectivity index (χ0) is 21.4. The van der Waals surface area contributed by atoms with Crippen molar-refractivity contribution in [1.29, 1.82) is 0 Å². The van der Waals surface area contributed by atoms with E-state index in [1.807, 2.05) is 35.2 Å². The van der Waals surface area contributed by atoms with E-state index in [1.54, 1.807) is 14.2 Å². The molecule has 160 valence electrons. The smallest absolute Gasteiger partial charge is 0.251 e. The maximum absolute atomic E-state index is 13.8. The monoisotopic (exact) mass is 410 g/mol. The predicted molar refractivity (Wildman–Crippen MR) is 114 cm³/mol. The number of allylic oxidation sites excluding steroid dienone is 1. The first-order valence-electron chi connectivity index (χ1n) is 10.6. The van der Waals surface area contributed by atoms with Gasteiger partial charge in [0.2, 0.25) is 0 Å². The van der Waals surface area contributed by atoms with Crippen LogP contribution >= 0.6 is 0 Å². The lowest BCUT2D eigenvalue weighted by Crippen LogP contribution is -2.58. The van der Waals surface area contributed by atoms with Crippen molar-refractivity contribution in [1.82, 2.24) is 9.80 Å². The largest absolute Gasteiger partial charge is 0.497 e. The van der Waals surface area contributed by atoms with E-state index in [-0.39, 0.29) is 11.8 Å². The summed E-state index contributed by atoms with van der Waals surface area (Å²) in [6, 6.07) is 7.73. The molecule has 1 amide bonds. The molecule has 2 heterocycles. The highest BCUT2D eigenvalue weighted by Crippen LogP contribution is 2.57. The molecule has 1 aliphatic carbocycles. The highest BCUT2D eigenvalue weighted by atomic mass is 16.5. The second-order valence-corrected chi connectivity index (χ2v) is 8.45. The Morgan fingerprint density at radius 3 is 2.60 bits per heavy atom. The maximum atomic E-state index is 13.8. The van der Waals surface area contributed by atoms with Gasteiger partial charge in [-0.1, -0.05) is 31.6 Å². The van der Waals surface area contributed by atoms with Crippen molar-refractivity contribution in [2.75, 3.05) is 33.9 Å². The zero-order valence-corrected chi connectivity index (χ0v) is 18.0. The van der Waals surface area contributed by atoms with Gasteiger partial charge in [-0.3, -0.25) is 9.69 Å². The van der Waals surface area contributed by atoms with Crippen LogP contribution in [-0.2, 0) is 20.9 Å². The van der Waals surface area contributed by atoms with Gasteiger partial charge in [0.25, 0.3) is 5.91 Å². The van der Waals surface area contributed by atoms with E-state index < -0.39 is 11.0 Å². The van der Waals surface area contributed by atoms with E-state index in [9.17, 15) is 9.59 Å². The Morgan fingerprint density at radius 2 is 1.97 bits per heavy atom. The van der Waals surface area contributed by atoms with Crippen molar-refractivity contribution >= 4 is 12.2 Å². The van der Waals surface area contributed by atoms with Crippen molar-refractivity contribution < 1.29 is 19.1 Å². The summed E-state index contributed by atoms with van der Waals surface area (Å²) in [6.45, 7) is 4.55. The number of benzene rings is 1. The van der Waals surface area contributed by atoms with Gasteiger partial charge in [0.05, 0.1) is 14.2 Å². The van der Waals surface area contributed by atoms with Crippen LogP contribution in [0.5, 0.6) is 5.75 Å². The zero-order valence-electron chi connectivity index (χ0n) is 18.0. The molecule has 6 nitrogen and oxygen atoms in total. The second-order valence-electron chi connectivity index (χ2n) is 8.45. The van der Waals surface area contributed by atoms with Crippen LogP contribution in [0.1, 0.15) is 25.3 Å². The number of amides is 1. The van der Waals surface area contributed by atoms with Gasteiger partial charge in [0.1, 0.15) is 11.5 Å². The Balaban J connectivity index is 1.70. The standard InChI is InChI=1S/C24H30N2O4/c1-4-5-12-26-15-19-13-21(30-3)10-11-23(19)16-25(22(28)24(23,26)17-27)14-18-6-8-20(29-2)9-7-18/h6-11,13,17,19H,4-5,12,14-16H2,1-3H3/t19-,23+,24+/m0/s1. The van der Waals surface area contributed by atoms with Gasteiger partial charge in [-0.2, -0.15) is 0 Å². The van der Waals surface area contributed by atoms with E-state index in [1.165, 1.54) is 0 Å². The van der Waals surface area contributed by atoms with E-state index >= 15 is 0 Å². The molecule has 30 heavy (non-hydrogen) atoms. The summed E-state index contributed by atoms with van der Waals surface area (Å²) in [5, 5.41) is 0. The minimum Gasteiger partial charge on any atom is -0.497 e. The Morgan fingerprint density at radius 1 is 1.20 bits per heavy atom. The number of hydrogen-bond donors (Lipinski definition) is 0. The molecular weight excluding hydrogens is 380 g/mol. The normalized spacial score (nSPS) is 30.1. The molecule has 0 radical (unpaired) electrons. The lowest BCUT2D eigenvalue weighted by molar-refractivity contribution is -0.142. The average Bonchev–Trinajstić information content (AvgIpc) is 3.18. The van der Waals surface area contributed by atoms with Crippen LogP contribution in [0.4, 0.5) is 0 Å². The van der Waals surface area contributed by atoms with Gasteiger partial charge < -0.3 is 19.2 Å². The molecule has 6 heteroatoms. The number of methoxy groups -OCH3 is 2. The van der Waals surface area contributed by atoms with E-state index in [4.69, 9.17) is 9.47 Å². The number of likely N-dealkylation sites (tertiary alicyclic amines) is 2. The second kappa shape index (κ2) is 7.91. The SMILES string of the molecule is CCCCN1C[C@@H]2C=C(OC)C=C[C@@]23CN(Cc2ccc(OC)cc2)C(=O)[C@@]13C=O. The first-order chi connectivity index (χ1) is 14.5. The lowest BCUT2D eigenvalue weighted by atomic mass is 9.65. The minimum atomic E-state index is -1.15. The fourth-order valence-corrected chi connectivity index (χ4v) is 5.38. The molecular formula is C24H30N2O4. The number of carbonyl (C=O) groups is 2. The number of aldehydes is 1. The van der Waals surface area contributed by atoms with Gasteiger partial charge >= 0.3 is 0 Å². The summed E-state index contributed by atoms with van der Waals surface area (Å²) in [6.07, 6.45) is 8.95. The number of rotatable bonds is 8. The van der Waals surface area contributed by atoms with Crippen molar-refractivity contribution in [2.24, 2.45) is 11.3 Å². The van der Waals surface area contributed by atoms with Gasteiger partial charge in [0.15, 0.2) is 11.8 Å². The molecule has 0 bridgehead atoms. The summed E-state index contributed by atoms with van der Waals surface area (Å²) < 4.78 is 10.7. The van der Waals surface area contributed by atoms with Crippen LogP contribution in [0.15, 0.2) is 48.3 Å². The molecule has 1 spiro atoms. The minimum absolute atomic E-state index is 0.0596. The molecule has 2 saturated heterocycles. The van der Waals surface area contributed by atoms with Crippen molar-refractivity contribution in [3.8, 4) is 5.75 Å². The number of nitrogens with zero attached hydrogens (tertiary/aromatic N) is 2. The van der Waals surface area contributed by atoms with Gasteiger partial charge in [0, 0.05) is 31.0 Å². The number of hydrogen-bond acceptors (Lipinski definition) is 5. The molecule has 2 aliphatic heterocycles. The van der Waals surface area contributed by atoms with Crippen LogP contribution < -0.4 is 4.74 Å². The highest BCUT2D eigenvalue weighted by molar-refractivity contribution is 6.06. The topological polar surface area (TPSA) is 59.1 Å². The summed E-state index contributed by atoms with van der Waals surface area (Å²) in [5.41, 5.74) is -0.689. The van der Waals surface area contributed by atoms with Gasteiger partial charge in [-0.15, -0.1) is 0 Å². The maximum Gasteiger partial charge on any atom is 0.251 e. The van der Waals surface area contributed by atoms with Crippen molar-refractivity contribution in [2.45, 2.75) is 31.8 Å². The molecule has 1 aromatic rings. The third-order valence-electron chi connectivity index (χ3n) is 6.98.